The molecule has 1 atom stereocenters. The lowest BCUT2D eigenvalue weighted by Gasteiger charge is -2.33. The predicted octanol–water partition coefficient (Wildman–Crippen LogP) is -0.757. The van der Waals surface area contributed by atoms with Crippen LogP contribution in [0.1, 0.15) is 19.3 Å². The zero-order valence-electron chi connectivity index (χ0n) is 7.76. The van der Waals surface area contributed by atoms with Crippen molar-refractivity contribution in [1.29, 1.82) is 0 Å². The fourth-order valence-electron chi connectivity index (χ4n) is 1.78. The summed E-state index contributed by atoms with van der Waals surface area (Å²) in [5, 5.41) is 3.83. The fraction of sp³-hybridized carbons (Fsp3) is 0.625. The number of nitrogens with zero attached hydrogens (tertiary/aromatic N) is 4. The monoisotopic (exact) mass is 194 g/mol. The molecule has 2 aliphatic heterocycles. The van der Waals surface area contributed by atoms with Crippen LogP contribution in [-0.4, -0.2) is 35.7 Å². The van der Waals surface area contributed by atoms with E-state index in [0.29, 0.717) is 5.96 Å². The molecule has 0 bridgehead atoms. The highest BCUT2D eigenvalue weighted by atomic mass is 16.1. The maximum absolute atomic E-state index is 11.2. The highest BCUT2D eigenvalue weighted by Crippen LogP contribution is 2.18. The van der Waals surface area contributed by atoms with Gasteiger partial charge < -0.3 is 10.6 Å². The first kappa shape index (κ1) is 8.98. The van der Waals surface area contributed by atoms with Gasteiger partial charge in [-0.1, -0.05) is 0 Å². The summed E-state index contributed by atoms with van der Waals surface area (Å²) in [4.78, 5) is 17.0. The van der Waals surface area contributed by atoms with Crippen molar-refractivity contribution in [3.8, 4) is 0 Å². The Hall–Kier alpha value is -1.59. The molecule has 0 saturated carbocycles. The Morgan fingerprint density at radius 1 is 1.57 bits per heavy atom. The summed E-state index contributed by atoms with van der Waals surface area (Å²) in [6.07, 6.45) is 4.22. The Bertz CT molecular complexity index is 298. The van der Waals surface area contributed by atoms with Gasteiger partial charge in [-0.15, -0.1) is 10.5 Å². The summed E-state index contributed by atoms with van der Waals surface area (Å²) in [6.45, 7) is 0.777. The van der Waals surface area contributed by atoms with Crippen LogP contribution in [0.15, 0.2) is 10.1 Å². The standard InChI is InChI=1S/C8H12N5O/c9-7(14)6-3-1-2-4-13(6)8-10-5-11-12-8/h5-6H,1-4H2,(H2,9,14). The Balaban J connectivity index is 2.13. The molecular formula is C8H12N5O. The van der Waals surface area contributed by atoms with E-state index in [0.717, 1.165) is 25.8 Å². The van der Waals surface area contributed by atoms with Gasteiger partial charge in [0.15, 0.2) is 0 Å². The Morgan fingerprint density at radius 3 is 3.07 bits per heavy atom. The molecule has 1 amide bonds. The molecule has 2 heterocycles. The van der Waals surface area contributed by atoms with Gasteiger partial charge >= 0.3 is 0 Å². The molecule has 0 aromatic carbocycles. The topological polar surface area (TPSA) is 85.2 Å². The summed E-state index contributed by atoms with van der Waals surface area (Å²) in [5.74, 6) is 0.197. The molecule has 6 nitrogen and oxygen atoms in total. The quantitative estimate of drug-likeness (QED) is 0.595. The van der Waals surface area contributed by atoms with Crippen LogP contribution >= 0.6 is 0 Å². The lowest BCUT2D eigenvalue weighted by Crippen LogP contribution is -2.49. The molecule has 0 aliphatic carbocycles. The summed E-state index contributed by atoms with van der Waals surface area (Å²) >= 11 is 0. The minimum atomic E-state index is -0.311. The molecule has 2 rings (SSSR count). The number of carbonyl (C=O) groups excluding carboxylic acids is 1. The van der Waals surface area contributed by atoms with Crippen molar-refractivity contribution < 1.29 is 4.79 Å². The number of nitrogens with two attached hydrogens (primary N) is 1. The van der Waals surface area contributed by atoms with E-state index >= 15 is 0 Å². The highest BCUT2D eigenvalue weighted by molar-refractivity contribution is 5.94. The van der Waals surface area contributed by atoms with E-state index in [1.54, 1.807) is 0 Å². The maximum atomic E-state index is 11.2. The molecule has 2 N–H and O–H groups in total. The summed E-state index contributed by atoms with van der Waals surface area (Å²) < 4.78 is 0. The largest absolute Gasteiger partial charge is 0.368 e. The SMILES string of the molecule is NC(=O)C1CCCCN1C1=N[N]C=N1. The van der Waals surface area contributed by atoms with E-state index in [1.165, 1.54) is 6.34 Å². The number of aliphatic imine (C=N–C) groups is 1. The first-order valence-corrected chi connectivity index (χ1v) is 4.65. The average molecular weight is 194 g/mol. The first-order valence-electron chi connectivity index (χ1n) is 4.65. The molecule has 1 unspecified atom stereocenters. The Morgan fingerprint density at radius 2 is 2.43 bits per heavy atom. The second kappa shape index (κ2) is 3.65. The van der Waals surface area contributed by atoms with Crippen LogP contribution in [0, 0.1) is 0 Å². The van der Waals surface area contributed by atoms with Crippen molar-refractivity contribution >= 4 is 18.2 Å². The van der Waals surface area contributed by atoms with Gasteiger partial charge in [-0.3, -0.25) is 4.79 Å². The van der Waals surface area contributed by atoms with Crippen molar-refractivity contribution in [3.05, 3.63) is 0 Å². The third-order valence-electron chi connectivity index (χ3n) is 2.46. The minimum Gasteiger partial charge on any atom is -0.368 e. The molecule has 2 aliphatic rings. The van der Waals surface area contributed by atoms with Crippen LogP contribution in [0.3, 0.4) is 0 Å². The average Bonchev–Trinajstić information content (AvgIpc) is 2.70. The van der Waals surface area contributed by atoms with Crippen LogP contribution in [-0.2, 0) is 4.79 Å². The smallest absolute Gasteiger partial charge is 0.247 e. The maximum Gasteiger partial charge on any atom is 0.247 e. The van der Waals surface area contributed by atoms with Crippen molar-refractivity contribution in [2.45, 2.75) is 25.3 Å². The van der Waals surface area contributed by atoms with E-state index < -0.39 is 0 Å². The second-order valence-corrected chi connectivity index (χ2v) is 3.37. The lowest BCUT2D eigenvalue weighted by molar-refractivity contribution is -0.122. The predicted molar refractivity (Wildman–Crippen MR) is 51.6 cm³/mol. The van der Waals surface area contributed by atoms with E-state index in [4.69, 9.17) is 5.73 Å². The number of rotatable bonds is 1. The third-order valence-corrected chi connectivity index (χ3v) is 2.46. The molecule has 0 spiro atoms. The highest BCUT2D eigenvalue weighted by Gasteiger charge is 2.30. The number of likely N-dealkylation sites (tertiary alicyclic amines) is 1. The van der Waals surface area contributed by atoms with Crippen molar-refractivity contribution in [1.82, 2.24) is 10.3 Å². The van der Waals surface area contributed by atoms with Crippen molar-refractivity contribution in [2.24, 2.45) is 15.8 Å². The third kappa shape index (κ3) is 1.55. The van der Waals surface area contributed by atoms with Gasteiger partial charge in [0.1, 0.15) is 12.4 Å². The first-order chi connectivity index (χ1) is 6.79. The van der Waals surface area contributed by atoms with E-state index in [-0.39, 0.29) is 11.9 Å². The normalized spacial score (nSPS) is 25.9. The molecule has 0 aromatic heterocycles. The van der Waals surface area contributed by atoms with Gasteiger partial charge in [-0.05, 0) is 19.3 Å². The van der Waals surface area contributed by atoms with E-state index in [2.05, 4.69) is 15.5 Å². The summed E-state index contributed by atoms with van der Waals surface area (Å²) in [6, 6.07) is -0.270. The van der Waals surface area contributed by atoms with Crippen LogP contribution in [0.5, 0.6) is 0 Å². The number of amides is 1. The number of primary amides is 1. The van der Waals surface area contributed by atoms with Crippen molar-refractivity contribution in [2.75, 3.05) is 6.54 Å². The second-order valence-electron chi connectivity index (χ2n) is 3.37. The van der Waals surface area contributed by atoms with E-state index in [1.807, 2.05) is 4.90 Å². The molecule has 6 heteroatoms. The molecule has 0 aromatic rings. The number of piperidine rings is 1. The van der Waals surface area contributed by atoms with Crippen LogP contribution < -0.4 is 11.2 Å². The number of hydrogen-bond donors (Lipinski definition) is 1. The van der Waals surface area contributed by atoms with Gasteiger partial charge in [-0.2, -0.15) is 4.99 Å². The zero-order chi connectivity index (χ0) is 9.97. The van der Waals surface area contributed by atoms with Crippen molar-refractivity contribution in [3.63, 3.8) is 0 Å². The number of carbonyl (C=O) groups is 1. The molecule has 1 radical (unpaired) electrons. The Labute approximate surface area is 81.9 Å². The van der Waals surface area contributed by atoms with Crippen LogP contribution in [0.2, 0.25) is 0 Å². The van der Waals surface area contributed by atoms with Gasteiger partial charge in [0.05, 0.1) is 0 Å². The Kier molecular flexibility index (Phi) is 2.34. The summed E-state index contributed by atoms with van der Waals surface area (Å²) in [7, 11) is 0. The molecular weight excluding hydrogens is 182 g/mol. The zero-order valence-corrected chi connectivity index (χ0v) is 7.76. The minimum absolute atomic E-state index is 0.270. The number of guanidine groups is 1. The van der Waals surface area contributed by atoms with Crippen LogP contribution in [0.25, 0.3) is 0 Å². The summed E-state index contributed by atoms with van der Waals surface area (Å²) in [5.41, 5.74) is 8.94. The van der Waals surface area contributed by atoms with Gasteiger partial charge in [0.2, 0.25) is 11.9 Å². The molecule has 1 fully saturated rings. The molecule has 1 saturated heterocycles. The van der Waals surface area contributed by atoms with Gasteiger partial charge in [0.25, 0.3) is 0 Å². The van der Waals surface area contributed by atoms with Gasteiger partial charge in [-0.25, -0.2) is 0 Å². The molecule has 14 heavy (non-hydrogen) atoms. The fourth-order valence-corrected chi connectivity index (χ4v) is 1.78. The lowest BCUT2D eigenvalue weighted by atomic mass is 10.0. The van der Waals surface area contributed by atoms with Crippen LogP contribution in [0.4, 0.5) is 0 Å². The number of hydrogen-bond acceptors (Lipinski definition) is 4. The molecule has 75 valence electrons. The van der Waals surface area contributed by atoms with E-state index in [9.17, 15) is 4.79 Å². The van der Waals surface area contributed by atoms with Gasteiger partial charge in [0, 0.05) is 6.54 Å².